The molecule has 98 valence electrons. The number of hydrogen-bond donors (Lipinski definition) is 1. The fourth-order valence-corrected chi connectivity index (χ4v) is 3.03. The molecular weight excluding hydrogens is 250 g/mol. The van der Waals surface area contributed by atoms with Crippen molar-refractivity contribution >= 4 is 23.2 Å². The Morgan fingerprint density at radius 3 is 2.94 bits per heavy atom. The number of thiophene rings is 1. The molecule has 0 aromatic carbocycles. The molecule has 5 heteroatoms. The number of rotatable bonds is 3. The zero-order valence-corrected chi connectivity index (χ0v) is 11.2. The Bertz CT molecular complexity index is 429. The molecule has 2 rings (SSSR count). The van der Waals surface area contributed by atoms with E-state index < -0.39 is 12.0 Å². The van der Waals surface area contributed by atoms with E-state index in [2.05, 4.69) is 0 Å². The average molecular weight is 267 g/mol. The number of carbonyl (C=O) groups is 2. The van der Waals surface area contributed by atoms with Crippen LogP contribution in [0, 0.1) is 5.92 Å². The number of carbonyl (C=O) groups excluding carboxylic acids is 1. The molecule has 1 N–H and O–H groups in total. The molecule has 2 unspecified atom stereocenters. The minimum Gasteiger partial charge on any atom is -0.480 e. The van der Waals surface area contributed by atoms with E-state index in [4.69, 9.17) is 0 Å². The van der Waals surface area contributed by atoms with Gasteiger partial charge in [0.2, 0.25) is 5.91 Å². The number of hydrogen-bond acceptors (Lipinski definition) is 3. The third-order valence-corrected chi connectivity index (χ3v) is 4.25. The number of amides is 1. The van der Waals surface area contributed by atoms with E-state index in [9.17, 15) is 14.7 Å². The van der Waals surface area contributed by atoms with Crippen LogP contribution >= 0.6 is 11.3 Å². The van der Waals surface area contributed by atoms with Crippen LogP contribution in [-0.2, 0) is 16.0 Å². The average Bonchev–Trinajstić information content (AvgIpc) is 2.81. The first-order valence-corrected chi connectivity index (χ1v) is 7.00. The number of aliphatic carboxylic acids is 1. The molecule has 1 fully saturated rings. The van der Waals surface area contributed by atoms with Crippen LogP contribution in [0.15, 0.2) is 17.5 Å². The van der Waals surface area contributed by atoms with E-state index in [0.717, 1.165) is 11.3 Å². The lowest BCUT2D eigenvalue weighted by Gasteiger charge is -2.36. The fourth-order valence-electron chi connectivity index (χ4n) is 2.34. The fraction of sp³-hybridized carbons (Fsp3) is 0.538. The quantitative estimate of drug-likeness (QED) is 0.911. The van der Waals surface area contributed by atoms with E-state index in [1.807, 2.05) is 24.4 Å². The molecule has 1 aliphatic rings. The Morgan fingerprint density at radius 2 is 2.33 bits per heavy atom. The Kier molecular flexibility index (Phi) is 4.01. The minimum absolute atomic E-state index is 0.0725. The summed E-state index contributed by atoms with van der Waals surface area (Å²) < 4.78 is 0. The van der Waals surface area contributed by atoms with Crippen LogP contribution < -0.4 is 0 Å². The Balaban J connectivity index is 2.05. The van der Waals surface area contributed by atoms with Crippen molar-refractivity contribution in [1.29, 1.82) is 0 Å². The minimum atomic E-state index is -0.888. The zero-order valence-electron chi connectivity index (χ0n) is 10.3. The van der Waals surface area contributed by atoms with Crippen molar-refractivity contribution < 1.29 is 14.7 Å². The second kappa shape index (κ2) is 5.52. The second-order valence-electron chi connectivity index (χ2n) is 4.83. The molecule has 4 nitrogen and oxygen atoms in total. The van der Waals surface area contributed by atoms with Crippen LogP contribution in [0.1, 0.15) is 24.6 Å². The lowest BCUT2D eigenvalue weighted by Crippen LogP contribution is -2.50. The van der Waals surface area contributed by atoms with Crippen LogP contribution in [0.3, 0.4) is 0 Å². The summed E-state index contributed by atoms with van der Waals surface area (Å²) in [6.07, 6.45) is 1.77. The predicted molar refractivity (Wildman–Crippen MR) is 69.6 cm³/mol. The second-order valence-corrected chi connectivity index (χ2v) is 5.86. The molecule has 0 spiro atoms. The Labute approximate surface area is 110 Å². The molecule has 1 aromatic rings. The van der Waals surface area contributed by atoms with Gasteiger partial charge in [0.25, 0.3) is 0 Å². The van der Waals surface area contributed by atoms with Gasteiger partial charge in [-0.2, -0.15) is 0 Å². The maximum atomic E-state index is 12.2. The first-order chi connectivity index (χ1) is 8.58. The van der Waals surface area contributed by atoms with Crippen molar-refractivity contribution in [2.45, 2.75) is 32.2 Å². The third-order valence-electron chi connectivity index (χ3n) is 3.38. The van der Waals surface area contributed by atoms with E-state index >= 15 is 0 Å². The summed E-state index contributed by atoms with van der Waals surface area (Å²) in [4.78, 5) is 25.9. The van der Waals surface area contributed by atoms with E-state index in [0.29, 0.717) is 25.3 Å². The normalized spacial score (nSPS) is 23.9. The topological polar surface area (TPSA) is 57.6 Å². The largest absolute Gasteiger partial charge is 0.480 e. The van der Waals surface area contributed by atoms with Crippen molar-refractivity contribution in [2.75, 3.05) is 6.54 Å². The smallest absolute Gasteiger partial charge is 0.326 e. The summed E-state index contributed by atoms with van der Waals surface area (Å²) in [6.45, 7) is 2.60. The van der Waals surface area contributed by atoms with E-state index in [1.165, 1.54) is 16.2 Å². The standard InChI is InChI=1S/C13H17NO3S/c1-9-4-5-14(11(7-9)13(16)17)12(15)8-10-3-2-6-18-10/h2-3,6,9,11H,4-5,7-8H2,1H3,(H,16,17). The number of piperidine rings is 1. The van der Waals surface area contributed by atoms with Gasteiger partial charge in [-0.3, -0.25) is 4.79 Å². The van der Waals surface area contributed by atoms with Crippen LogP contribution in [0.4, 0.5) is 0 Å². The SMILES string of the molecule is CC1CCN(C(=O)Cc2cccs2)C(C(=O)O)C1. The first-order valence-electron chi connectivity index (χ1n) is 6.12. The highest BCUT2D eigenvalue weighted by Gasteiger charge is 2.34. The van der Waals surface area contributed by atoms with Crippen LogP contribution in [0.5, 0.6) is 0 Å². The zero-order chi connectivity index (χ0) is 13.1. The molecule has 0 aliphatic carbocycles. The molecule has 0 saturated carbocycles. The number of carboxylic acid groups (broad SMARTS) is 1. The number of carboxylic acids is 1. The van der Waals surface area contributed by atoms with Gasteiger partial charge in [0, 0.05) is 11.4 Å². The lowest BCUT2D eigenvalue weighted by molar-refractivity contribution is -0.152. The molecule has 0 bridgehead atoms. The molecule has 2 heterocycles. The molecule has 0 radical (unpaired) electrons. The molecule has 2 atom stereocenters. The predicted octanol–water partition coefficient (Wildman–Crippen LogP) is 2.00. The summed E-state index contributed by atoms with van der Waals surface area (Å²) in [6, 6.07) is 3.16. The summed E-state index contributed by atoms with van der Waals surface area (Å²) in [5.41, 5.74) is 0. The Hall–Kier alpha value is -1.36. The monoisotopic (exact) mass is 267 g/mol. The van der Waals surface area contributed by atoms with E-state index in [1.54, 1.807) is 0 Å². The lowest BCUT2D eigenvalue weighted by atomic mass is 9.92. The van der Waals surface area contributed by atoms with Crippen LogP contribution in [0.25, 0.3) is 0 Å². The highest BCUT2D eigenvalue weighted by atomic mass is 32.1. The summed E-state index contributed by atoms with van der Waals surface area (Å²) in [5, 5.41) is 11.1. The first kappa shape index (κ1) is 13.1. The van der Waals surface area contributed by atoms with Crippen molar-refractivity contribution in [3.8, 4) is 0 Å². The van der Waals surface area contributed by atoms with Gasteiger partial charge in [-0.25, -0.2) is 4.79 Å². The third kappa shape index (κ3) is 2.90. The van der Waals surface area contributed by atoms with Gasteiger partial charge in [0.05, 0.1) is 6.42 Å². The Morgan fingerprint density at radius 1 is 1.56 bits per heavy atom. The van der Waals surface area contributed by atoms with Gasteiger partial charge < -0.3 is 10.0 Å². The van der Waals surface area contributed by atoms with Crippen LogP contribution in [0.2, 0.25) is 0 Å². The van der Waals surface area contributed by atoms with Gasteiger partial charge in [0.1, 0.15) is 6.04 Å². The number of nitrogens with zero attached hydrogens (tertiary/aromatic N) is 1. The summed E-state index contributed by atoms with van der Waals surface area (Å²) in [5.74, 6) is -0.588. The van der Waals surface area contributed by atoms with Gasteiger partial charge in [-0.1, -0.05) is 13.0 Å². The maximum Gasteiger partial charge on any atom is 0.326 e. The maximum absolute atomic E-state index is 12.2. The van der Waals surface area contributed by atoms with Gasteiger partial charge in [-0.15, -0.1) is 11.3 Å². The molecule has 1 aliphatic heterocycles. The van der Waals surface area contributed by atoms with Crippen molar-refractivity contribution in [1.82, 2.24) is 4.90 Å². The molecule has 1 saturated heterocycles. The number of likely N-dealkylation sites (tertiary alicyclic amines) is 1. The van der Waals surface area contributed by atoms with E-state index in [-0.39, 0.29) is 5.91 Å². The molecule has 1 aromatic heterocycles. The molecular formula is C13H17NO3S. The van der Waals surface area contributed by atoms with Crippen molar-refractivity contribution in [2.24, 2.45) is 5.92 Å². The van der Waals surface area contributed by atoms with Gasteiger partial charge >= 0.3 is 5.97 Å². The van der Waals surface area contributed by atoms with Gasteiger partial charge in [0.15, 0.2) is 0 Å². The molecule has 1 amide bonds. The van der Waals surface area contributed by atoms with Crippen molar-refractivity contribution in [3.63, 3.8) is 0 Å². The molecule has 18 heavy (non-hydrogen) atoms. The van der Waals surface area contributed by atoms with Crippen molar-refractivity contribution in [3.05, 3.63) is 22.4 Å². The summed E-state index contributed by atoms with van der Waals surface area (Å²) >= 11 is 1.53. The van der Waals surface area contributed by atoms with Gasteiger partial charge in [-0.05, 0) is 30.2 Å². The highest BCUT2D eigenvalue weighted by molar-refractivity contribution is 7.10. The summed E-state index contributed by atoms with van der Waals surface area (Å²) in [7, 11) is 0. The van der Waals surface area contributed by atoms with Crippen LogP contribution in [-0.4, -0.2) is 34.5 Å². The highest BCUT2D eigenvalue weighted by Crippen LogP contribution is 2.24.